The van der Waals surface area contributed by atoms with Crippen LogP contribution in [-0.2, 0) is 0 Å². The summed E-state index contributed by atoms with van der Waals surface area (Å²) in [4.78, 5) is 2.17. The maximum Gasteiger partial charge on any atom is 0.109 e. The maximum absolute atomic E-state index is 13.2. The van der Waals surface area contributed by atoms with Crippen LogP contribution in [0.2, 0.25) is 5.02 Å². The van der Waals surface area contributed by atoms with Crippen LogP contribution >= 0.6 is 27.5 Å². The van der Waals surface area contributed by atoms with E-state index in [9.17, 15) is 4.39 Å². The highest BCUT2D eigenvalue weighted by Crippen LogP contribution is 2.29. The molecular formula is C12H15BrClFN2. The Bertz CT molecular complexity index is 383. The molecule has 1 aromatic carbocycles. The van der Waals surface area contributed by atoms with Gasteiger partial charge in [0.05, 0.1) is 11.1 Å². The standard InChI is InChI=1S/C12H15BrClFN2/c13-10-7-9(1-2-11(10)14)12(8-15)17-5-3-16-4-6-17/h1-2,7,12,16H,3-6,8H2/t12-/m0/s1. The van der Waals surface area contributed by atoms with Crippen LogP contribution in [0, 0.1) is 0 Å². The molecule has 17 heavy (non-hydrogen) atoms. The maximum atomic E-state index is 13.2. The van der Waals surface area contributed by atoms with Crippen molar-refractivity contribution in [1.29, 1.82) is 0 Å². The molecule has 1 aliphatic heterocycles. The Kier molecular flexibility index (Phi) is 4.79. The van der Waals surface area contributed by atoms with E-state index in [-0.39, 0.29) is 12.7 Å². The average molecular weight is 322 g/mol. The number of halogens is 3. The molecule has 0 spiro atoms. The highest BCUT2D eigenvalue weighted by Gasteiger charge is 2.22. The number of rotatable bonds is 3. The van der Waals surface area contributed by atoms with Crippen LogP contribution in [0.15, 0.2) is 22.7 Å². The molecule has 1 fully saturated rings. The second-order valence-electron chi connectivity index (χ2n) is 4.13. The van der Waals surface area contributed by atoms with Gasteiger partial charge in [0.1, 0.15) is 6.67 Å². The molecule has 0 unspecified atom stereocenters. The second kappa shape index (κ2) is 6.14. The Morgan fingerprint density at radius 1 is 1.41 bits per heavy atom. The zero-order chi connectivity index (χ0) is 12.3. The predicted octanol–water partition coefficient (Wildman–Crippen LogP) is 3.02. The summed E-state index contributed by atoms with van der Waals surface area (Å²) in [5.41, 5.74) is 0.977. The van der Waals surface area contributed by atoms with Gasteiger partial charge in [0, 0.05) is 30.7 Å². The third kappa shape index (κ3) is 3.19. The van der Waals surface area contributed by atoms with E-state index in [0.717, 1.165) is 36.2 Å². The second-order valence-corrected chi connectivity index (χ2v) is 5.39. The van der Waals surface area contributed by atoms with Gasteiger partial charge in [-0.25, -0.2) is 4.39 Å². The molecule has 0 aliphatic carbocycles. The van der Waals surface area contributed by atoms with Gasteiger partial charge in [-0.15, -0.1) is 0 Å². The smallest absolute Gasteiger partial charge is 0.109 e. The molecule has 94 valence electrons. The number of hydrogen-bond acceptors (Lipinski definition) is 2. The van der Waals surface area contributed by atoms with E-state index in [1.54, 1.807) is 0 Å². The van der Waals surface area contributed by atoms with E-state index in [0.29, 0.717) is 5.02 Å². The first kappa shape index (κ1) is 13.3. The van der Waals surface area contributed by atoms with Crippen molar-refractivity contribution in [3.05, 3.63) is 33.3 Å². The first-order chi connectivity index (χ1) is 8.22. The van der Waals surface area contributed by atoms with E-state index in [2.05, 4.69) is 26.1 Å². The summed E-state index contributed by atoms with van der Waals surface area (Å²) in [5.74, 6) is 0. The van der Waals surface area contributed by atoms with Crippen molar-refractivity contribution in [2.45, 2.75) is 6.04 Å². The third-order valence-corrected chi connectivity index (χ3v) is 4.28. The van der Waals surface area contributed by atoms with Crippen LogP contribution in [0.4, 0.5) is 4.39 Å². The quantitative estimate of drug-likeness (QED) is 0.920. The van der Waals surface area contributed by atoms with E-state index in [4.69, 9.17) is 11.6 Å². The van der Waals surface area contributed by atoms with Gasteiger partial charge < -0.3 is 5.32 Å². The lowest BCUT2D eigenvalue weighted by Crippen LogP contribution is -2.45. The fraction of sp³-hybridized carbons (Fsp3) is 0.500. The fourth-order valence-electron chi connectivity index (χ4n) is 2.11. The summed E-state index contributed by atoms with van der Waals surface area (Å²) < 4.78 is 14.1. The molecule has 2 nitrogen and oxygen atoms in total. The van der Waals surface area contributed by atoms with E-state index < -0.39 is 0 Å². The van der Waals surface area contributed by atoms with Crippen LogP contribution in [0.3, 0.4) is 0 Å². The topological polar surface area (TPSA) is 15.3 Å². The third-order valence-electron chi connectivity index (χ3n) is 3.07. The van der Waals surface area contributed by atoms with Crippen LogP contribution in [0.1, 0.15) is 11.6 Å². The van der Waals surface area contributed by atoms with Crippen molar-refractivity contribution in [1.82, 2.24) is 10.2 Å². The van der Waals surface area contributed by atoms with Gasteiger partial charge >= 0.3 is 0 Å². The summed E-state index contributed by atoms with van der Waals surface area (Å²) >= 11 is 9.33. The van der Waals surface area contributed by atoms with Crippen LogP contribution in [0.5, 0.6) is 0 Å². The lowest BCUT2D eigenvalue weighted by molar-refractivity contribution is 0.147. The molecule has 2 rings (SSSR count). The fourth-order valence-corrected chi connectivity index (χ4v) is 2.62. The van der Waals surface area contributed by atoms with Crippen molar-refractivity contribution < 1.29 is 4.39 Å². The summed E-state index contributed by atoms with van der Waals surface area (Å²) in [6, 6.07) is 5.46. The molecule has 0 aromatic heterocycles. The Hall–Kier alpha value is -0.160. The highest BCUT2D eigenvalue weighted by molar-refractivity contribution is 9.10. The molecule has 1 heterocycles. The monoisotopic (exact) mass is 320 g/mol. The summed E-state index contributed by atoms with van der Waals surface area (Å²) in [7, 11) is 0. The van der Waals surface area contributed by atoms with Crippen LogP contribution < -0.4 is 5.32 Å². The molecule has 0 radical (unpaired) electrons. The zero-order valence-corrected chi connectivity index (χ0v) is 11.8. The summed E-state index contributed by atoms with van der Waals surface area (Å²) in [5, 5.41) is 3.93. The minimum atomic E-state index is -0.367. The number of nitrogens with zero attached hydrogens (tertiary/aromatic N) is 1. The van der Waals surface area contributed by atoms with Gasteiger partial charge in [-0.05, 0) is 33.6 Å². The van der Waals surface area contributed by atoms with Gasteiger partial charge in [0.2, 0.25) is 0 Å². The van der Waals surface area contributed by atoms with Crippen LogP contribution in [0.25, 0.3) is 0 Å². The molecule has 1 N–H and O–H groups in total. The van der Waals surface area contributed by atoms with Crippen molar-refractivity contribution in [3.63, 3.8) is 0 Å². The van der Waals surface area contributed by atoms with Gasteiger partial charge in [0.25, 0.3) is 0 Å². The van der Waals surface area contributed by atoms with Crippen molar-refractivity contribution >= 4 is 27.5 Å². The average Bonchev–Trinajstić information content (AvgIpc) is 2.36. The Balaban J connectivity index is 2.18. The molecule has 0 saturated carbocycles. The highest BCUT2D eigenvalue weighted by atomic mass is 79.9. The van der Waals surface area contributed by atoms with Crippen molar-refractivity contribution in [3.8, 4) is 0 Å². The van der Waals surface area contributed by atoms with Crippen LogP contribution in [-0.4, -0.2) is 37.8 Å². The minimum Gasteiger partial charge on any atom is -0.314 e. The molecule has 1 aliphatic rings. The lowest BCUT2D eigenvalue weighted by Gasteiger charge is -2.33. The van der Waals surface area contributed by atoms with Crippen molar-refractivity contribution in [2.24, 2.45) is 0 Å². The van der Waals surface area contributed by atoms with Gasteiger partial charge in [-0.1, -0.05) is 17.7 Å². The molecule has 0 amide bonds. The van der Waals surface area contributed by atoms with Crippen molar-refractivity contribution in [2.75, 3.05) is 32.9 Å². The first-order valence-corrected chi connectivity index (χ1v) is 6.85. The Labute approximate surface area is 114 Å². The first-order valence-electron chi connectivity index (χ1n) is 5.68. The van der Waals surface area contributed by atoms with E-state index >= 15 is 0 Å². The Morgan fingerprint density at radius 3 is 2.71 bits per heavy atom. The molecule has 1 saturated heterocycles. The van der Waals surface area contributed by atoms with Gasteiger partial charge in [-0.3, -0.25) is 4.90 Å². The van der Waals surface area contributed by atoms with E-state index in [1.807, 2.05) is 18.2 Å². The summed E-state index contributed by atoms with van der Waals surface area (Å²) in [6.07, 6.45) is 0. The zero-order valence-electron chi connectivity index (χ0n) is 9.43. The largest absolute Gasteiger partial charge is 0.314 e. The molecule has 5 heteroatoms. The number of benzene rings is 1. The van der Waals surface area contributed by atoms with E-state index in [1.165, 1.54) is 0 Å². The molecule has 1 aromatic rings. The molecule has 0 bridgehead atoms. The number of hydrogen-bond donors (Lipinski definition) is 1. The number of alkyl halides is 1. The van der Waals surface area contributed by atoms with Gasteiger partial charge in [-0.2, -0.15) is 0 Å². The van der Waals surface area contributed by atoms with Gasteiger partial charge in [0.15, 0.2) is 0 Å². The SMILES string of the molecule is FC[C@@H](c1ccc(Cl)c(Br)c1)N1CCNCC1. The number of piperazine rings is 1. The summed E-state index contributed by atoms with van der Waals surface area (Å²) in [6.45, 7) is 3.24. The normalized spacial score (nSPS) is 19.2. The lowest BCUT2D eigenvalue weighted by atomic mass is 10.1. The Morgan fingerprint density at radius 2 is 2.12 bits per heavy atom. The predicted molar refractivity (Wildman–Crippen MR) is 72.3 cm³/mol. The minimum absolute atomic E-state index is 0.161. The molecular weight excluding hydrogens is 307 g/mol. The number of nitrogens with one attached hydrogen (secondary N) is 1. The molecule has 1 atom stereocenters.